The normalized spacial score (nSPS) is 10.5. The lowest BCUT2D eigenvalue weighted by atomic mass is 10.4. The first-order chi connectivity index (χ1) is 7.11. The fraction of sp³-hybridized carbons (Fsp3) is 0.250. The molecule has 2 heterocycles. The first-order valence-corrected chi connectivity index (χ1v) is 4.13. The Bertz CT molecular complexity index is 534. The van der Waals surface area contributed by atoms with Crippen LogP contribution in [0.2, 0.25) is 0 Å². The van der Waals surface area contributed by atoms with E-state index < -0.39 is 5.97 Å². The summed E-state index contributed by atoms with van der Waals surface area (Å²) in [6.07, 6.45) is 0. The summed E-state index contributed by atoms with van der Waals surface area (Å²) in [4.78, 5) is 18.9. The molecule has 0 saturated heterocycles. The second-order valence-electron chi connectivity index (χ2n) is 2.89. The van der Waals surface area contributed by atoms with Crippen molar-refractivity contribution in [1.82, 2.24) is 19.6 Å². The molecule has 7 nitrogen and oxygen atoms in total. The van der Waals surface area contributed by atoms with Crippen molar-refractivity contribution < 1.29 is 14.6 Å². The largest absolute Gasteiger partial charge is 0.493 e. The van der Waals surface area contributed by atoms with Crippen LogP contribution in [0.5, 0.6) is 5.88 Å². The third-order valence-electron chi connectivity index (χ3n) is 1.79. The third-order valence-corrected chi connectivity index (χ3v) is 1.79. The molecule has 0 fully saturated rings. The van der Waals surface area contributed by atoms with Gasteiger partial charge < -0.3 is 9.84 Å². The van der Waals surface area contributed by atoms with Crippen LogP contribution in [0.3, 0.4) is 0 Å². The SMILES string of the molecule is COC(=O)c1nc2nc(C)cc(O)n2n1. The van der Waals surface area contributed by atoms with Gasteiger partial charge in [0.25, 0.3) is 11.6 Å². The van der Waals surface area contributed by atoms with E-state index in [0.29, 0.717) is 5.69 Å². The van der Waals surface area contributed by atoms with Gasteiger partial charge in [-0.2, -0.15) is 9.50 Å². The summed E-state index contributed by atoms with van der Waals surface area (Å²) in [7, 11) is 1.23. The number of aryl methyl sites for hydroxylation is 1. The second-order valence-corrected chi connectivity index (χ2v) is 2.89. The van der Waals surface area contributed by atoms with Crippen molar-refractivity contribution in [2.24, 2.45) is 0 Å². The van der Waals surface area contributed by atoms with Gasteiger partial charge in [0.2, 0.25) is 5.88 Å². The molecular weight excluding hydrogens is 200 g/mol. The van der Waals surface area contributed by atoms with E-state index in [9.17, 15) is 9.90 Å². The Labute approximate surface area is 84.3 Å². The monoisotopic (exact) mass is 208 g/mol. The lowest BCUT2D eigenvalue weighted by Gasteiger charge is -1.95. The maximum atomic E-state index is 11.1. The van der Waals surface area contributed by atoms with Gasteiger partial charge in [0.05, 0.1) is 7.11 Å². The molecule has 0 aliphatic heterocycles. The van der Waals surface area contributed by atoms with E-state index in [-0.39, 0.29) is 17.5 Å². The van der Waals surface area contributed by atoms with Crippen molar-refractivity contribution in [3.8, 4) is 5.88 Å². The maximum absolute atomic E-state index is 11.1. The molecule has 0 unspecified atom stereocenters. The number of esters is 1. The van der Waals surface area contributed by atoms with Crippen LogP contribution in [0.15, 0.2) is 6.07 Å². The van der Waals surface area contributed by atoms with Gasteiger partial charge in [0, 0.05) is 11.8 Å². The van der Waals surface area contributed by atoms with Gasteiger partial charge in [-0.15, -0.1) is 5.10 Å². The Hall–Kier alpha value is -2.18. The van der Waals surface area contributed by atoms with Gasteiger partial charge in [-0.3, -0.25) is 0 Å². The molecule has 0 aromatic carbocycles. The molecule has 78 valence electrons. The van der Waals surface area contributed by atoms with Crippen LogP contribution in [-0.2, 0) is 4.74 Å². The Morgan fingerprint density at radius 1 is 1.53 bits per heavy atom. The molecule has 0 amide bonds. The molecule has 0 saturated carbocycles. The number of rotatable bonds is 1. The van der Waals surface area contributed by atoms with Gasteiger partial charge in [-0.05, 0) is 6.92 Å². The summed E-state index contributed by atoms with van der Waals surface area (Å²) in [5, 5.41) is 13.2. The van der Waals surface area contributed by atoms with Crippen molar-refractivity contribution in [3.05, 3.63) is 17.6 Å². The predicted octanol–water partition coefficient (Wildman–Crippen LogP) is -0.0751. The molecule has 0 atom stereocenters. The van der Waals surface area contributed by atoms with Gasteiger partial charge in [-0.1, -0.05) is 0 Å². The van der Waals surface area contributed by atoms with Gasteiger partial charge in [0.15, 0.2) is 0 Å². The van der Waals surface area contributed by atoms with Gasteiger partial charge >= 0.3 is 5.97 Å². The molecule has 15 heavy (non-hydrogen) atoms. The number of ether oxygens (including phenoxy) is 1. The lowest BCUT2D eigenvalue weighted by Crippen LogP contribution is -2.03. The van der Waals surface area contributed by atoms with Crippen molar-refractivity contribution in [3.63, 3.8) is 0 Å². The highest BCUT2D eigenvalue weighted by molar-refractivity contribution is 5.85. The minimum atomic E-state index is -0.669. The maximum Gasteiger partial charge on any atom is 0.378 e. The van der Waals surface area contributed by atoms with Crippen LogP contribution in [0.25, 0.3) is 5.78 Å². The number of fused-ring (bicyclic) bond motifs is 1. The van der Waals surface area contributed by atoms with Crippen LogP contribution in [-0.4, -0.2) is 37.8 Å². The standard InChI is InChI=1S/C8H8N4O3/c1-4-3-5(13)12-8(9-4)10-6(11-12)7(14)15-2/h3,13H,1-2H3. The first-order valence-electron chi connectivity index (χ1n) is 4.13. The highest BCUT2D eigenvalue weighted by Gasteiger charge is 2.15. The molecule has 0 bridgehead atoms. The number of carbonyl (C=O) groups excluding carboxylic acids is 1. The number of hydrogen-bond donors (Lipinski definition) is 1. The lowest BCUT2D eigenvalue weighted by molar-refractivity contribution is 0.0587. The van der Waals surface area contributed by atoms with Crippen LogP contribution in [0.4, 0.5) is 0 Å². The number of aromatic hydroxyl groups is 1. The summed E-state index contributed by atoms with van der Waals surface area (Å²) in [6, 6.07) is 1.42. The van der Waals surface area contributed by atoms with Crippen molar-refractivity contribution in [2.75, 3.05) is 7.11 Å². The zero-order chi connectivity index (χ0) is 11.0. The number of aromatic nitrogens is 4. The quantitative estimate of drug-likeness (QED) is 0.659. The predicted molar refractivity (Wildman–Crippen MR) is 48.5 cm³/mol. The minimum absolute atomic E-state index is 0.125. The Balaban J connectivity index is 2.65. The number of methoxy groups -OCH3 is 1. The van der Waals surface area contributed by atoms with Crippen molar-refractivity contribution >= 4 is 11.7 Å². The van der Waals surface area contributed by atoms with Crippen molar-refractivity contribution in [2.45, 2.75) is 6.92 Å². The summed E-state index contributed by atoms with van der Waals surface area (Å²) in [6.45, 7) is 1.70. The highest BCUT2D eigenvalue weighted by atomic mass is 16.5. The van der Waals surface area contributed by atoms with E-state index in [1.165, 1.54) is 13.2 Å². The molecule has 1 N–H and O–H groups in total. The Kier molecular flexibility index (Phi) is 2.00. The molecule has 2 aromatic rings. The topological polar surface area (TPSA) is 89.6 Å². The van der Waals surface area contributed by atoms with E-state index in [2.05, 4.69) is 19.8 Å². The first kappa shape index (κ1) is 9.38. The molecule has 0 spiro atoms. The van der Waals surface area contributed by atoms with E-state index >= 15 is 0 Å². The minimum Gasteiger partial charge on any atom is -0.493 e. The molecule has 2 aromatic heterocycles. The molecular formula is C8H8N4O3. The van der Waals surface area contributed by atoms with Gasteiger partial charge in [-0.25, -0.2) is 9.78 Å². The highest BCUT2D eigenvalue weighted by Crippen LogP contribution is 2.11. The Morgan fingerprint density at radius 3 is 2.93 bits per heavy atom. The van der Waals surface area contributed by atoms with Crippen LogP contribution in [0.1, 0.15) is 16.3 Å². The summed E-state index contributed by atoms with van der Waals surface area (Å²) in [5.41, 5.74) is 0.587. The second kappa shape index (κ2) is 3.19. The zero-order valence-electron chi connectivity index (χ0n) is 8.13. The molecule has 0 aliphatic carbocycles. The van der Waals surface area contributed by atoms with E-state index in [1.807, 2.05) is 0 Å². The molecule has 0 radical (unpaired) electrons. The fourth-order valence-corrected chi connectivity index (χ4v) is 1.15. The van der Waals surface area contributed by atoms with E-state index in [0.717, 1.165) is 4.52 Å². The van der Waals surface area contributed by atoms with Crippen molar-refractivity contribution in [1.29, 1.82) is 0 Å². The number of carbonyl (C=O) groups is 1. The van der Waals surface area contributed by atoms with Crippen LogP contribution in [0, 0.1) is 6.92 Å². The summed E-state index contributed by atoms with van der Waals surface area (Å²) < 4.78 is 5.52. The summed E-state index contributed by atoms with van der Waals surface area (Å²) in [5.74, 6) is -0.767. The molecule has 2 rings (SSSR count). The van der Waals surface area contributed by atoms with Crippen LogP contribution < -0.4 is 0 Å². The zero-order valence-corrected chi connectivity index (χ0v) is 8.13. The number of nitrogens with zero attached hydrogens (tertiary/aromatic N) is 4. The average molecular weight is 208 g/mol. The van der Waals surface area contributed by atoms with E-state index in [4.69, 9.17) is 0 Å². The van der Waals surface area contributed by atoms with Crippen LogP contribution >= 0.6 is 0 Å². The molecule has 7 heteroatoms. The van der Waals surface area contributed by atoms with Gasteiger partial charge in [0.1, 0.15) is 0 Å². The van der Waals surface area contributed by atoms with E-state index in [1.54, 1.807) is 6.92 Å². The third kappa shape index (κ3) is 1.47. The summed E-state index contributed by atoms with van der Waals surface area (Å²) >= 11 is 0. The number of hydrogen-bond acceptors (Lipinski definition) is 6. The fourth-order valence-electron chi connectivity index (χ4n) is 1.15. The average Bonchev–Trinajstić information content (AvgIpc) is 2.60. The Morgan fingerprint density at radius 2 is 2.27 bits per heavy atom. The molecule has 0 aliphatic rings. The smallest absolute Gasteiger partial charge is 0.378 e.